The maximum atomic E-state index is 5.81. The molecule has 0 aromatic carbocycles. The third-order valence-electron chi connectivity index (χ3n) is 1.95. The van der Waals surface area contributed by atoms with Gasteiger partial charge < -0.3 is 4.74 Å². The largest absolute Gasteiger partial charge is 0.490 e. The number of hydrogen-bond donors (Lipinski definition) is 0. The van der Waals surface area contributed by atoms with Crippen LogP contribution in [0.5, 0.6) is 5.75 Å². The first-order chi connectivity index (χ1) is 6.24. The molecule has 3 heteroatoms. The zero-order valence-electron chi connectivity index (χ0n) is 7.96. The van der Waals surface area contributed by atoms with Crippen molar-refractivity contribution >= 4 is 11.6 Å². The van der Waals surface area contributed by atoms with Crippen LogP contribution in [0.2, 0.25) is 5.15 Å². The summed E-state index contributed by atoms with van der Waals surface area (Å²) in [5.41, 5.74) is 0. The van der Waals surface area contributed by atoms with Gasteiger partial charge in [-0.05, 0) is 18.1 Å². The molecule has 1 aromatic rings. The van der Waals surface area contributed by atoms with Crippen LogP contribution in [0.25, 0.3) is 0 Å². The second-order valence-electron chi connectivity index (χ2n) is 3.12. The van der Waals surface area contributed by atoms with Crippen LogP contribution in [0.4, 0.5) is 0 Å². The van der Waals surface area contributed by atoms with Gasteiger partial charge in [-0.15, -0.1) is 0 Å². The molecule has 0 amide bonds. The molecule has 72 valence electrons. The standard InChI is InChI=1S/C10H14ClNO/c1-3-8(2)7-13-9-5-4-6-12-10(9)11/h4-6,8H,3,7H2,1-2H3. The molecule has 0 saturated carbocycles. The molecule has 1 aromatic heterocycles. The van der Waals surface area contributed by atoms with E-state index in [1.165, 1.54) is 0 Å². The van der Waals surface area contributed by atoms with Gasteiger partial charge in [0.2, 0.25) is 0 Å². The molecule has 13 heavy (non-hydrogen) atoms. The fraction of sp³-hybridized carbons (Fsp3) is 0.500. The minimum atomic E-state index is 0.436. The number of ether oxygens (including phenoxy) is 1. The Labute approximate surface area is 83.9 Å². The molecule has 1 heterocycles. The molecule has 0 saturated heterocycles. The molecular weight excluding hydrogens is 186 g/mol. The first-order valence-corrected chi connectivity index (χ1v) is 4.85. The minimum absolute atomic E-state index is 0.436. The fourth-order valence-corrected chi connectivity index (χ4v) is 1.00. The predicted molar refractivity (Wildman–Crippen MR) is 54.2 cm³/mol. The summed E-state index contributed by atoms with van der Waals surface area (Å²) in [5, 5.41) is 0.436. The van der Waals surface area contributed by atoms with Gasteiger partial charge in [0.1, 0.15) is 0 Å². The summed E-state index contributed by atoms with van der Waals surface area (Å²) in [6.07, 6.45) is 2.76. The van der Waals surface area contributed by atoms with E-state index in [9.17, 15) is 0 Å². The third-order valence-corrected chi connectivity index (χ3v) is 2.23. The van der Waals surface area contributed by atoms with E-state index in [0.717, 1.165) is 6.42 Å². The predicted octanol–water partition coefficient (Wildman–Crippen LogP) is 3.16. The van der Waals surface area contributed by atoms with Gasteiger partial charge in [-0.1, -0.05) is 31.9 Å². The van der Waals surface area contributed by atoms with Gasteiger partial charge in [-0.2, -0.15) is 0 Å². The highest BCUT2D eigenvalue weighted by Crippen LogP contribution is 2.21. The Hall–Kier alpha value is -0.760. The Bertz CT molecular complexity index is 265. The average Bonchev–Trinajstić information content (AvgIpc) is 2.16. The Balaban J connectivity index is 2.50. The van der Waals surface area contributed by atoms with Crippen molar-refractivity contribution in [2.24, 2.45) is 5.92 Å². The van der Waals surface area contributed by atoms with Gasteiger partial charge in [-0.3, -0.25) is 0 Å². The Kier molecular flexibility index (Phi) is 4.03. The summed E-state index contributed by atoms with van der Waals surface area (Å²) in [6.45, 7) is 4.98. The highest BCUT2D eigenvalue weighted by atomic mass is 35.5. The van der Waals surface area contributed by atoms with Gasteiger partial charge in [0.05, 0.1) is 6.61 Å². The molecule has 1 rings (SSSR count). The van der Waals surface area contributed by atoms with E-state index in [1.54, 1.807) is 6.20 Å². The second-order valence-corrected chi connectivity index (χ2v) is 3.47. The highest BCUT2D eigenvalue weighted by molar-refractivity contribution is 6.30. The molecule has 0 aliphatic heterocycles. The monoisotopic (exact) mass is 199 g/mol. The van der Waals surface area contributed by atoms with E-state index >= 15 is 0 Å². The van der Waals surface area contributed by atoms with Crippen molar-refractivity contribution in [3.05, 3.63) is 23.5 Å². The molecule has 0 N–H and O–H groups in total. The number of halogens is 1. The molecule has 0 radical (unpaired) electrons. The van der Waals surface area contributed by atoms with Gasteiger partial charge in [-0.25, -0.2) is 4.98 Å². The first kappa shape index (κ1) is 10.3. The van der Waals surface area contributed by atoms with Crippen molar-refractivity contribution < 1.29 is 4.74 Å². The van der Waals surface area contributed by atoms with Crippen molar-refractivity contribution in [2.75, 3.05) is 6.61 Å². The molecular formula is C10H14ClNO. The smallest absolute Gasteiger partial charge is 0.171 e. The summed E-state index contributed by atoms with van der Waals surface area (Å²) < 4.78 is 5.50. The number of rotatable bonds is 4. The summed E-state index contributed by atoms with van der Waals surface area (Å²) in [7, 11) is 0. The van der Waals surface area contributed by atoms with E-state index < -0.39 is 0 Å². The van der Waals surface area contributed by atoms with Crippen LogP contribution >= 0.6 is 11.6 Å². The molecule has 1 unspecified atom stereocenters. The summed E-state index contributed by atoms with van der Waals surface area (Å²) in [4.78, 5) is 3.92. The zero-order chi connectivity index (χ0) is 9.68. The fourth-order valence-electron chi connectivity index (χ4n) is 0.829. The van der Waals surface area contributed by atoms with Gasteiger partial charge in [0, 0.05) is 6.20 Å². The lowest BCUT2D eigenvalue weighted by Gasteiger charge is -2.10. The molecule has 0 bridgehead atoms. The van der Waals surface area contributed by atoms with E-state index in [4.69, 9.17) is 16.3 Å². The van der Waals surface area contributed by atoms with Crippen LogP contribution in [0.3, 0.4) is 0 Å². The van der Waals surface area contributed by atoms with Crippen LogP contribution < -0.4 is 4.74 Å². The molecule has 1 atom stereocenters. The first-order valence-electron chi connectivity index (χ1n) is 4.47. The Morgan fingerprint density at radius 2 is 2.38 bits per heavy atom. The van der Waals surface area contributed by atoms with Crippen LogP contribution in [0, 0.1) is 5.92 Å². The number of aromatic nitrogens is 1. The molecule has 0 aliphatic rings. The van der Waals surface area contributed by atoms with Gasteiger partial charge >= 0.3 is 0 Å². The lowest BCUT2D eigenvalue weighted by molar-refractivity contribution is 0.256. The van der Waals surface area contributed by atoms with Gasteiger partial charge in [0.25, 0.3) is 0 Å². The summed E-state index contributed by atoms with van der Waals surface area (Å²) >= 11 is 5.81. The van der Waals surface area contributed by atoms with Crippen molar-refractivity contribution in [3.8, 4) is 5.75 Å². The van der Waals surface area contributed by atoms with E-state index in [-0.39, 0.29) is 0 Å². The van der Waals surface area contributed by atoms with Crippen molar-refractivity contribution in [2.45, 2.75) is 20.3 Å². The van der Waals surface area contributed by atoms with Crippen molar-refractivity contribution in [1.82, 2.24) is 4.98 Å². The SMILES string of the molecule is CCC(C)COc1cccnc1Cl. The number of pyridine rings is 1. The average molecular weight is 200 g/mol. The van der Waals surface area contributed by atoms with E-state index in [1.807, 2.05) is 12.1 Å². The molecule has 0 fully saturated rings. The maximum absolute atomic E-state index is 5.81. The van der Waals surface area contributed by atoms with Crippen LogP contribution in [-0.2, 0) is 0 Å². The van der Waals surface area contributed by atoms with Crippen LogP contribution in [-0.4, -0.2) is 11.6 Å². The quantitative estimate of drug-likeness (QED) is 0.695. The topological polar surface area (TPSA) is 22.1 Å². The lowest BCUT2D eigenvalue weighted by Crippen LogP contribution is -2.07. The van der Waals surface area contributed by atoms with Gasteiger partial charge in [0.15, 0.2) is 10.9 Å². The van der Waals surface area contributed by atoms with Crippen LogP contribution in [0.1, 0.15) is 20.3 Å². The third kappa shape index (κ3) is 3.23. The second kappa shape index (κ2) is 5.07. The van der Waals surface area contributed by atoms with E-state index in [2.05, 4.69) is 18.8 Å². The molecule has 0 spiro atoms. The van der Waals surface area contributed by atoms with Crippen molar-refractivity contribution in [1.29, 1.82) is 0 Å². The lowest BCUT2D eigenvalue weighted by atomic mass is 10.1. The summed E-state index contributed by atoms with van der Waals surface area (Å²) in [5.74, 6) is 1.22. The van der Waals surface area contributed by atoms with Crippen LogP contribution in [0.15, 0.2) is 18.3 Å². The normalized spacial score (nSPS) is 12.5. The number of hydrogen-bond acceptors (Lipinski definition) is 2. The van der Waals surface area contributed by atoms with Crippen molar-refractivity contribution in [3.63, 3.8) is 0 Å². The summed E-state index contributed by atoms with van der Waals surface area (Å²) in [6, 6.07) is 3.65. The Morgan fingerprint density at radius 1 is 1.62 bits per heavy atom. The highest BCUT2D eigenvalue weighted by Gasteiger charge is 2.03. The number of nitrogens with zero attached hydrogens (tertiary/aromatic N) is 1. The maximum Gasteiger partial charge on any atom is 0.171 e. The Morgan fingerprint density at radius 3 is 3.00 bits per heavy atom. The van der Waals surface area contributed by atoms with E-state index in [0.29, 0.717) is 23.4 Å². The molecule has 0 aliphatic carbocycles. The molecule has 2 nitrogen and oxygen atoms in total. The zero-order valence-corrected chi connectivity index (χ0v) is 8.71. The minimum Gasteiger partial charge on any atom is -0.490 e.